The topological polar surface area (TPSA) is 46.5 Å². The molecule has 11 heavy (non-hydrogen) atoms. The van der Waals surface area contributed by atoms with E-state index in [-0.39, 0.29) is 12.6 Å². The molecule has 3 nitrogen and oxygen atoms in total. The minimum Gasteiger partial charge on any atom is -0.465 e. The van der Waals surface area contributed by atoms with E-state index in [4.69, 9.17) is 5.11 Å². The molecule has 0 atom stereocenters. The predicted octanol–water partition coefficient (Wildman–Crippen LogP) is 1.03. The lowest BCUT2D eigenvalue weighted by Crippen LogP contribution is -1.97. The first-order valence-electron chi connectivity index (χ1n) is 3.04. The van der Waals surface area contributed by atoms with E-state index in [0.717, 1.165) is 5.56 Å². The molecule has 0 aliphatic carbocycles. The van der Waals surface area contributed by atoms with Crippen LogP contribution in [0.5, 0.6) is 0 Å². The van der Waals surface area contributed by atoms with Gasteiger partial charge in [0.1, 0.15) is 4.88 Å². The molecule has 0 aliphatic heterocycles. The number of carbonyl (C=O) groups is 1. The van der Waals surface area contributed by atoms with Crippen molar-refractivity contribution in [3.05, 3.63) is 21.9 Å². The zero-order valence-electron chi connectivity index (χ0n) is 6.03. The standard InChI is InChI=1S/C7H8O3S/c1-10-7(9)6-2-5(3-8)4-11-6/h2,4,8H,3H2,1H3. The zero-order chi connectivity index (χ0) is 8.27. The Labute approximate surface area is 68.2 Å². The average Bonchev–Trinajstić information content (AvgIpc) is 2.50. The van der Waals surface area contributed by atoms with Gasteiger partial charge in [0.2, 0.25) is 0 Å². The summed E-state index contributed by atoms with van der Waals surface area (Å²) in [6, 6.07) is 1.62. The van der Waals surface area contributed by atoms with Gasteiger partial charge in [-0.2, -0.15) is 0 Å². The van der Waals surface area contributed by atoms with Crippen LogP contribution in [0.25, 0.3) is 0 Å². The lowest BCUT2D eigenvalue weighted by molar-refractivity contribution is 0.0606. The molecule has 60 valence electrons. The lowest BCUT2D eigenvalue weighted by Gasteiger charge is -1.91. The average molecular weight is 172 g/mol. The van der Waals surface area contributed by atoms with Gasteiger partial charge in [0, 0.05) is 0 Å². The summed E-state index contributed by atoms with van der Waals surface area (Å²) < 4.78 is 4.48. The summed E-state index contributed by atoms with van der Waals surface area (Å²) >= 11 is 1.27. The maximum absolute atomic E-state index is 10.8. The SMILES string of the molecule is COC(=O)c1cc(CO)cs1. The summed E-state index contributed by atoms with van der Waals surface area (Å²) in [4.78, 5) is 11.4. The number of carbonyl (C=O) groups excluding carboxylic acids is 1. The van der Waals surface area contributed by atoms with Gasteiger partial charge in [-0.1, -0.05) is 0 Å². The maximum Gasteiger partial charge on any atom is 0.348 e. The van der Waals surface area contributed by atoms with E-state index in [1.807, 2.05) is 0 Å². The van der Waals surface area contributed by atoms with E-state index in [1.54, 1.807) is 11.4 Å². The van der Waals surface area contributed by atoms with Crippen LogP contribution in [-0.4, -0.2) is 18.2 Å². The molecule has 1 N–H and O–H groups in total. The summed E-state index contributed by atoms with van der Waals surface area (Å²) in [5.74, 6) is -0.352. The third kappa shape index (κ3) is 1.78. The molecular weight excluding hydrogens is 164 g/mol. The van der Waals surface area contributed by atoms with E-state index in [1.165, 1.54) is 18.4 Å². The van der Waals surface area contributed by atoms with E-state index in [2.05, 4.69) is 4.74 Å². The Morgan fingerprint density at radius 1 is 1.82 bits per heavy atom. The first-order chi connectivity index (χ1) is 5.27. The van der Waals surface area contributed by atoms with Crippen LogP contribution in [-0.2, 0) is 11.3 Å². The van der Waals surface area contributed by atoms with E-state index < -0.39 is 0 Å². The van der Waals surface area contributed by atoms with Crippen LogP contribution in [0.3, 0.4) is 0 Å². The largest absolute Gasteiger partial charge is 0.465 e. The Morgan fingerprint density at radius 3 is 3.00 bits per heavy atom. The van der Waals surface area contributed by atoms with Crippen LogP contribution in [0.2, 0.25) is 0 Å². The van der Waals surface area contributed by atoms with Crippen molar-refractivity contribution in [3.8, 4) is 0 Å². The summed E-state index contributed by atoms with van der Waals surface area (Å²) in [6.07, 6.45) is 0. The quantitative estimate of drug-likeness (QED) is 0.678. The summed E-state index contributed by atoms with van der Waals surface area (Å²) in [7, 11) is 1.33. The molecule has 4 heteroatoms. The zero-order valence-corrected chi connectivity index (χ0v) is 6.85. The van der Waals surface area contributed by atoms with Crippen molar-refractivity contribution in [2.75, 3.05) is 7.11 Å². The summed E-state index contributed by atoms with van der Waals surface area (Å²) in [6.45, 7) is -0.0342. The van der Waals surface area contributed by atoms with Gasteiger partial charge in [0.05, 0.1) is 13.7 Å². The molecule has 1 heterocycles. The van der Waals surface area contributed by atoms with Crippen molar-refractivity contribution in [2.24, 2.45) is 0 Å². The lowest BCUT2D eigenvalue weighted by atomic mass is 10.3. The Balaban J connectivity index is 2.80. The minimum atomic E-state index is -0.352. The molecule has 0 radical (unpaired) electrons. The smallest absolute Gasteiger partial charge is 0.348 e. The maximum atomic E-state index is 10.8. The van der Waals surface area contributed by atoms with Crippen molar-refractivity contribution >= 4 is 17.3 Å². The molecule has 1 aromatic rings. The molecule has 0 spiro atoms. The molecule has 0 aromatic carbocycles. The molecule has 0 aliphatic rings. The van der Waals surface area contributed by atoms with Gasteiger partial charge in [-0.05, 0) is 17.0 Å². The summed E-state index contributed by atoms with van der Waals surface area (Å²) in [5, 5.41) is 10.4. The highest BCUT2D eigenvalue weighted by Gasteiger charge is 2.07. The van der Waals surface area contributed by atoms with Gasteiger partial charge in [0.15, 0.2) is 0 Å². The molecule has 0 amide bonds. The molecule has 0 unspecified atom stereocenters. The van der Waals surface area contributed by atoms with Gasteiger partial charge in [-0.15, -0.1) is 11.3 Å². The van der Waals surface area contributed by atoms with Gasteiger partial charge >= 0.3 is 5.97 Å². The normalized spacial score (nSPS) is 9.64. The fourth-order valence-corrected chi connectivity index (χ4v) is 1.49. The van der Waals surface area contributed by atoms with Crippen LogP contribution < -0.4 is 0 Å². The van der Waals surface area contributed by atoms with Crippen molar-refractivity contribution in [1.29, 1.82) is 0 Å². The number of hydrogen-bond acceptors (Lipinski definition) is 4. The van der Waals surface area contributed by atoms with Crippen LogP contribution in [0, 0.1) is 0 Å². The van der Waals surface area contributed by atoms with Crippen molar-refractivity contribution in [3.63, 3.8) is 0 Å². The van der Waals surface area contributed by atoms with Gasteiger partial charge < -0.3 is 9.84 Å². The first-order valence-corrected chi connectivity index (χ1v) is 3.92. The first kappa shape index (κ1) is 8.23. The molecule has 0 saturated heterocycles. The number of thiophene rings is 1. The van der Waals surface area contributed by atoms with Crippen LogP contribution in [0.1, 0.15) is 15.2 Å². The number of aliphatic hydroxyl groups is 1. The van der Waals surface area contributed by atoms with Gasteiger partial charge in [-0.25, -0.2) is 4.79 Å². The number of esters is 1. The van der Waals surface area contributed by atoms with E-state index >= 15 is 0 Å². The Kier molecular flexibility index (Phi) is 2.62. The van der Waals surface area contributed by atoms with Gasteiger partial charge in [-0.3, -0.25) is 0 Å². The fraction of sp³-hybridized carbons (Fsp3) is 0.286. The third-order valence-corrected chi connectivity index (χ3v) is 2.18. The number of methoxy groups -OCH3 is 1. The van der Waals surface area contributed by atoms with Crippen molar-refractivity contribution in [1.82, 2.24) is 0 Å². The van der Waals surface area contributed by atoms with Crippen LogP contribution >= 0.6 is 11.3 Å². The molecule has 1 rings (SSSR count). The highest BCUT2D eigenvalue weighted by atomic mass is 32.1. The minimum absolute atomic E-state index is 0.0342. The second-order valence-electron chi connectivity index (χ2n) is 1.97. The molecular formula is C7H8O3S. The summed E-state index contributed by atoms with van der Waals surface area (Å²) in [5.41, 5.74) is 0.746. The van der Waals surface area contributed by atoms with Crippen molar-refractivity contribution in [2.45, 2.75) is 6.61 Å². The Bertz CT molecular complexity index is 254. The second-order valence-corrected chi connectivity index (χ2v) is 2.88. The number of hydrogen-bond donors (Lipinski definition) is 1. The molecule has 0 bridgehead atoms. The highest BCUT2D eigenvalue weighted by Crippen LogP contribution is 2.15. The predicted molar refractivity (Wildman–Crippen MR) is 41.6 cm³/mol. The molecule has 0 fully saturated rings. The molecule has 0 saturated carbocycles. The van der Waals surface area contributed by atoms with Crippen LogP contribution in [0.4, 0.5) is 0 Å². The Hall–Kier alpha value is -0.870. The monoisotopic (exact) mass is 172 g/mol. The number of ether oxygens (including phenoxy) is 1. The van der Waals surface area contributed by atoms with Crippen LogP contribution in [0.15, 0.2) is 11.4 Å². The fourth-order valence-electron chi connectivity index (χ4n) is 0.666. The van der Waals surface area contributed by atoms with E-state index in [9.17, 15) is 4.79 Å². The van der Waals surface area contributed by atoms with Crippen molar-refractivity contribution < 1.29 is 14.6 Å². The Morgan fingerprint density at radius 2 is 2.55 bits per heavy atom. The highest BCUT2D eigenvalue weighted by molar-refractivity contribution is 7.12. The molecule has 1 aromatic heterocycles. The second kappa shape index (κ2) is 3.50. The van der Waals surface area contributed by atoms with E-state index in [0.29, 0.717) is 4.88 Å². The number of aliphatic hydroxyl groups excluding tert-OH is 1. The number of rotatable bonds is 2. The third-order valence-electron chi connectivity index (χ3n) is 1.22. The van der Waals surface area contributed by atoms with Gasteiger partial charge in [0.25, 0.3) is 0 Å².